The minimum absolute atomic E-state index is 0.0947. The predicted molar refractivity (Wildman–Crippen MR) is 86.5 cm³/mol. The fourth-order valence-electron chi connectivity index (χ4n) is 2.06. The van der Waals surface area contributed by atoms with Gasteiger partial charge < -0.3 is 4.42 Å². The van der Waals surface area contributed by atoms with Crippen LogP contribution in [0.4, 0.5) is 30.7 Å². The van der Waals surface area contributed by atoms with E-state index in [1.165, 1.54) is 18.4 Å². The number of halogens is 9. The molecule has 1 aromatic carbocycles. The molecule has 0 spiro atoms. The second-order valence-corrected chi connectivity index (χ2v) is 8.99. The molecule has 0 aliphatic carbocycles. The highest BCUT2D eigenvalue weighted by atomic mass is 79.9. The van der Waals surface area contributed by atoms with E-state index in [1.807, 2.05) is 0 Å². The summed E-state index contributed by atoms with van der Waals surface area (Å²) < 4.78 is 121. The summed E-state index contributed by atoms with van der Waals surface area (Å²) in [5.74, 6) is -6.81. The van der Waals surface area contributed by atoms with E-state index in [-0.39, 0.29) is 20.9 Å². The molecule has 1 heterocycles. The summed E-state index contributed by atoms with van der Waals surface area (Å²) in [5.41, 5.74) is -0.155. The Labute approximate surface area is 164 Å². The van der Waals surface area contributed by atoms with Gasteiger partial charge in [0, 0.05) is 15.4 Å². The maximum absolute atomic E-state index is 14.0. The average molecular weight is 548 g/mol. The number of hydrogen-bond acceptors (Lipinski definition) is 3. The van der Waals surface area contributed by atoms with Crippen LogP contribution in [-0.2, 0) is 16.3 Å². The Hall–Kier alpha value is -1.08. The van der Waals surface area contributed by atoms with E-state index in [1.54, 1.807) is 0 Å². The molecule has 0 unspecified atom stereocenters. The van der Waals surface area contributed by atoms with Crippen LogP contribution in [-0.4, -0.2) is 25.8 Å². The molecule has 0 atom stereocenters. The Balaban J connectivity index is 2.72. The topological polar surface area (TPSA) is 47.3 Å². The molecule has 0 amide bonds. The van der Waals surface area contributed by atoms with Crippen LogP contribution >= 0.6 is 31.9 Å². The van der Waals surface area contributed by atoms with E-state index in [9.17, 15) is 39.2 Å². The summed E-state index contributed by atoms with van der Waals surface area (Å²) in [6, 6.07) is 3.11. The summed E-state index contributed by atoms with van der Waals surface area (Å²) in [6.07, 6.45) is -4.85. The molecule has 0 N–H and O–H groups in total. The zero-order valence-corrected chi connectivity index (χ0v) is 16.6. The summed E-state index contributed by atoms with van der Waals surface area (Å²) in [4.78, 5) is -1.38. The molecule has 0 saturated carbocycles. The molecule has 0 aliphatic rings. The fraction of sp³-hybridized carbons (Fsp3) is 0.286. The molecule has 2 aromatic rings. The summed E-state index contributed by atoms with van der Waals surface area (Å²) in [7, 11) is -6.45. The lowest BCUT2D eigenvalue weighted by Crippen LogP contribution is -2.56. The minimum Gasteiger partial charge on any atom is -0.472 e. The van der Waals surface area contributed by atoms with Crippen molar-refractivity contribution >= 4 is 41.7 Å². The first-order valence-electron chi connectivity index (χ1n) is 6.69. The van der Waals surface area contributed by atoms with Crippen molar-refractivity contribution in [2.75, 3.05) is 0 Å². The third-order valence-electron chi connectivity index (χ3n) is 3.43. The quantitative estimate of drug-likeness (QED) is 0.434. The SMILES string of the molecule is O=S(=O)(c1cc(Br)cc(Br)c1Cc1ccoc1)C(F)(F)C(F)(F)C(F)(F)F. The summed E-state index contributed by atoms with van der Waals surface area (Å²) in [6.45, 7) is 0. The minimum atomic E-state index is -6.81. The lowest BCUT2D eigenvalue weighted by molar-refractivity contribution is -0.332. The first-order valence-corrected chi connectivity index (χ1v) is 9.76. The van der Waals surface area contributed by atoms with Gasteiger partial charge in [-0.05, 0) is 29.3 Å². The normalized spacial score (nSPS) is 13.8. The van der Waals surface area contributed by atoms with Crippen LogP contribution in [0.15, 0.2) is 49.0 Å². The number of hydrogen-bond donors (Lipinski definition) is 0. The van der Waals surface area contributed by atoms with Crippen molar-refractivity contribution in [2.45, 2.75) is 28.7 Å². The second kappa shape index (κ2) is 7.07. The van der Waals surface area contributed by atoms with Gasteiger partial charge in [-0.1, -0.05) is 31.9 Å². The number of rotatable bonds is 5. The third kappa shape index (κ3) is 3.77. The van der Waals surface area contributed by atoms with Crippen molar-refractivity contribution in [3.63, 3.8) is 0 Å². The molecule has 0 saturated heterocycles. The van der Waals surface area contributed by atoms with Crippen LogP contribution in [0, 0.1) is 0 Å². The van der Waals surface area contributed by atoms with E-state index < -0.39 is 37.6 Å². The second-order valence-electron chi connectivity index (χ2n) is 5.27. The van der Waals surface area contributed by atoms with E-state index in [0.717, 1.165) is 6.26 Å². The van der Waals surface area contributed by atoms with Gasteiger partial charge in [-0.2, -0.15) is 30.7 Å². The van der Waals surface area contributed by atoms with Gasteiger partial charge in [0.25, 0.3) is 9.84 Å². The van der Waals surface area contributed by atoms with E-state index in [4.69, 9.17) is 4.42 Å². The van der Waals surface area contributed by atoms with Crippen molar-refractivity contribution < 1.29 is 43.6 Å². The standard InChI is InChI=1S/C14H7Br2F7O3S/c15-8-4-10(16)9(3-7-1-2-26-6-7)11(5-8)27(24,25)14(22,23)12(17,18)13(19,20)21/h1-2,4-6H,3H2. The molecule has 3 nitrogen and oxygen atoms in total. The Morgan fingerprint density at radius 3 is 2.07 bits per heavy atom. The summed E-state index contributed by atoms with van der Waals surface area (Å²) in [5, 5.41) is -6.44. The van der Waals surface area contributed by atoms with Gasteiger partial charge in [0.1, 0.15) is 0 Å². The predicted octanol–water partition coefficient (Wildman–Crippen LogP) is 5.96. The van der Waals surface area contributed by atoms with Crippen LogP contribution in [0.5, 0.6) is 0 Å². The van der Waals surface area contributed by atoms with Crippen molar-refractivity contribution in [3.05, 3.63) is 50.8 Å². The Morgan fingerprint density at radius 2 is 1.59 bits per heavy atom. The van der Waals surface area contributed by atoms with Gasteiger partial charge in [0.05, 0.1) is 17.4 Å². The average Bonchev–Trinajstić information content (AvgIpc) is 3.01. The molecule has 1 aromatic heterocycles. The zero-order valence-electron chi connectivity index (χ0n) is 12.6. The van der Waals surface area contributed by atoms with Crippen LogP contribution in [0.3, 0.4) is 0 Å². The molecule has 0 fully saturated rings. The van der Waals surface area contributed by atoms with Crippen molar-refractivity contribution in [1.82, 2.24) is 0 Å². The van der Waals surface area contributed by atoms with Crippen LogP contribution in [0.2, 0.25) is 0 Å². The molecule has 0 aliphatic heterocycles. The first kappa shape index (κ1) is 22.2. The van der Waals surface area contributed by atoms with Gasteiger partial charge in [0.15, 0.2) is 0 Å². The highest BCUT2D eigenvalue weighted by Crippen LogP contribution is 2.51. The fourth-order valence-corrected chi connectivity index (χ4v) is 5.23. The van der Waals surface area contributed by atoms with E-state index in [2.05, 4.69) is 31.9 Å². The van der Waals surface area contributed by atoms with Gasteiger partial charge in [-0.3, -0.25) is 0 Å². The maximum Gasteiger partial charge on any atom is 0.461 e. The van der Waals surface area contributed by atoms with Crippen LogP contribution < -0.4 is 0 Å². The van der Waals surface area contributed by atoms with Gasteiger partial charge in [-0.15, -0.1) is 0 Å². The number of sulfone groups is 1. The lowest BCUT2D eigenvalue weighted by atomic mass is 10.1. The van der Waals surface area contributed by atoms with Crippen LogP contribution in [0.25, 0.3) is 0 Å². The van der Waals surface area contributed by atoms with Crippen molar-refractivity contribution in [3.8, 4) is 0 Å². The molecular weight excluding hydrogens is 541 g/mol. The van der Waals surface area contributed by atoms with Gasteiger partial charge >= 0.3 is 17.4 Å². The van der Waals surface area contributed by atoms with Gasteiger partial charge in [0.2, 0.25) is 0 Å². The number of furan rings is 1. The molecule has 0 radical (unpaired) electrons. The highest BCUT2D eigenvalue weighted by Gasteiger charge is 2.78. The van der Waals surface area contributed by atoms with Crippen molar-refractivity contribution in [2.24, 2.45) is 0 Å². The van der Waals surface area contributed by atoms with E-state index in [0.29, 0.717) is 6.07 Å². The van der Waals surface area contributed by atoms with Gasteiger partial charge in [-0.25, -0.2) is 8.42 Å². The third-order valence-corrected chi connectivity index (χ3v) is 6.47. The number of benzene rings is 1. The van der Waals surface area contributed by atoms with E-state index >= 15 is 0 Å². The molecule has 13 heteroatoms. The molecule has 0 bridgehead atoms. The molecular formula is C14H7Br2F7O3S. The smallest absolute Gasteiger partial charge is 0.461 e. The lowest BCUT2D eigenvalue weighted by Gasteiger charge is -2.28. The zero-order chi connectivity index (χ0) is 20.8. The molecule has 150 valence electrons. The Bertz CT molecular complexity index is 938. The maximum atomic E-state index is 14.0. The summed E-state index contributed by atoms with van der Waals surface area (Å²) >= 11 is 5.72. The molecule has 2 rings (SSSR count). The molecule has 27 heavy (non-hydrogen) atoms. The first-order chi connectivity index (χ1) is 12.1. The Kier molecular flexibility index (Phi) is 5.81. The largest absolute Gasteiger partial charge is 0.472 e. The highest BCUT2D eigenvalue weighted by molar-refractivity contribution is 9.11. The number of alkyl halides is 7. The van der Waals surface area contributed by atoms with Crippen molar-refractivity contribution in [1.29, 1.82) is 0 Å². The Morgan fingerprint density at radius 1 is 1.00 bits per heavy atom. The van der Waals surface area contributed by atoms with Crippen LogP contribution in [0.1, 0.15) is 11.1 Å². The monoisotopic (exact) mass is 546 g/mol.